The lowest BCUT2D eigenvalue weighted by Crippen LogP contribution is -2.55. The van der Waals surface area contributed by atoms with Crippen molar-refractivity contribution in [3.05, 3.63) is 48.8 Å². The summed E-state index contributed by atoms with van der Waals surface area (Å²) in [6, 6.07) is 11.2. The number of aromatic nitrogens is 1. The first kappa shape index (κ1) is 22.6. The van der Waals surface area contributed by atoms with Gasteiger partial charge in [-0.05, 0) is 23.8 Å². The zero-order chi connectivity index (χ0) is 22.4. The minimum absolute atomic E-state index is 0.308. The first-order valence-corrected chi connectivity index (χ1v) is 10.7. The first-order valence-electron chi connectivity index (χ1n) is 9.64. The molecule has 1 aromatic carbocycles. The van der Waals surface area contributed by atoms with Crippen LogP contribution in [-0.2, 0) is 28.6 Å². The van der Waals surface area contributed by atoms with Gasteiger partial charge in [0, 0.05) is 44.5 Å². The molecule has 31 heavy (non-hydrogen) atoms. The van der Waals surface area contributed by atoms with Crippen LogP contribution in [0, 0.1) is 0 Å². The van der Waals surface area contributed by atoms with E-state index in [0.717, 1.165) is 11.1 Å². The van der Waals surface area contributed by atoms with E-state index in [1.54, 1.807) is 18.5 Å². The van der Waals surface area contributed by atoms with E-state index < -0.39 is 41.7 Å². The van der Waals surface area contributed by atoms with E-state index in [4.69, 9.17) is 18.9 Å². The van der Waals surface area contributed by atoms with Crippen LogP contribution in [0.5, 0.6) is 5.75 Å². The summed E-state index contributed by atoms with van der Waals surface area (Å²) in [7, 11) is 0. The van der Waals surface area contributed by atoms with Crippen LogP contribution < -0.4 is 4.74 Å². The molecule has 0 bridgehead atoms. The summed E-state index contributed by atoms with van der Waals surface area (Å²) in [6.45, 7) is 3.76. The molecule has 1 aromatic heterocycles. The highest BCUT2D eigenvalue weighted by atomic mass is 32.2. The highest BCUT2D eigenvalue weighted by Gasteiger charge is 2.47. The number of hydrogen-bond acceptors (Lipinski definition) is 9. The Hall–Kier alpha value is -3.07. The molecule has 0 N–H and O–H groups in total. The van der Waals surface area contributed by atoms with Crippen LogP contribution >= 0.6 is 11.8 Å². The van der Waals surface area contributed by atoms with Crippen molar-refractivity contribution in [2.75, 3.05) is 5.75 Å². The third-order valence-corrected chi connectivity index (χ3v) is 5.60. The van der Waals surface area contributed by atoms with Gasteiger partial charge in [-0.2, -0.15) is 0 Å². The summed E-state index contributed by atoms with van der Waals surface area (Å²) in [5, 5.41) is 0. The highest BCUT2D eigenvalue weighted by Crippen LogP contribution is 2.35. The summed E-state index contributed by atoms with van der Waals surface area (Å²) in [5.41, 5.74) is 1.16. The number of pyridine rings is 1. The lowest BCUT2D eigenvalue weighted by molar-refractivity contribution is -0.186. The Bertz CT molecular complexity index is 936. The maximum Gasteiger partial charge on any atom is 0.303 e. The van der Waals surface area contributed by atoms with Gasteiger partial charge in [-0.15, -0.1) is 11.8 Å². The van der Waals surface area contributed by atoms with Gasteiger partial charge in [0.1, 0.15) is 5.75 Å². The third-order valence-electron chi connectivity index (χ3n) is 4.39. The Kier molecular flexibility index (Phi) is 7.51. The molecule has 9 heteroatoms. The van der Waals surface area contributed by atoms with Crippen LogP contribution in [0.25, 0.3) is 11.1 Å². The molecule has 0 spiro atoms. The summed E-state index contributed by atoms with van der Waals surface area (Å²) in [5.74, 6) is -0.814. The van der Waals surface area contributed by atoms with Crippen LogP contribution in [0.2, 0.25) is 0 Å². The third kappa shape index (κ3) is 6.21. The Morgan fingerprint density at radius 2 is 1.58 bits per heavy atom. The fourth-order valence-electron chi connectivity index (χ4n) is 3.23. The summed E-state index contributed by atoms with van der Waals surface area (Å²) in [6.07, 6.45) is 0.722. The van der Waals surface area contributed by atoms with Crippen molar-refractivity contribution in [2.45, 2.75) is 44.5 Å². The minimum Gasteiger partial charge on any atom is -0.476 e. The molecule has 0 amide bonds. The molecule has 1 aliphatic rings. The molecule has 2 heterocycles. The average Bonchev–Trinajstić information content (AvgIpc) is 2.72. The highest BCUT2D eigenvalue weighted by molar-refractivity contribution is 7.99. The fraction of sp³-hybridized carbons (Fsp3) is 0.364. The lowest BCUT2D eigenvalue weighted by Gasteiger charge is -2.39. The van der Waals surface area contributed by atoms with E-state index in [0.29, 0.717) is 11.5 Å². The van der Waals surface area contributed by atoms with E-state index >= 15 is 0 Å². The van der Waals surface area contributed by atoms with Crippen molar-refractivity contribution in [2.24, 2.45) is 0 Å². The molecule has 2 aromatic rings. The van der Waals surface area contributed by atoms with E-state index in [9.17, 15) is 14.4 Å². The van der Waals surface area contributed by atoms with Gasteiger partial charge in [0.2, 0.25) is 0 Å². The molecule has 8 nitrogen and oxygen atoms in total. The molecule has 0 unspecified atom stereocenters. The topological polar surface area (TPSA) is 101 Å². The number of rotatable bonds is 6. The largest absolute Gasteiger partial charge is 0.476 e. The maximum atomic E-state index is 11.8. The van der Waals surface area contributed by atoms with Gasteiger partial charge in [0.05, 0.1) is 0 Å². The fourth-order valence-corrected chi connectivity index (χ4v) is 4.44. The normalized spacial score (nSPS) is 22.8. The molecule has 1 aliphatic heterocycles. The average molecular weight is 445 g/mol. The van der Waals surface area contributed by atoms with E-state index in [1.807, 2.05) is 30.3 Å². The van der Waals surface area contributed by atoms with Crippen molar-refractivity contribution in [3.63, 3.8) is 0 Å². The predicted molar refractivity (Wildman–Crippen MR) is 113 cm³/mol. The second-order valence-electron chi connectivity index (χ2n) is 6.89. The molecular formula is C22H23NO7S. The lowest BCUT2D eigenvalue weighted by atomic mass is 10.1. The van der Waals surface area contributed by atoms with Crippen LogP contribution in [0.15, 0.2) is 48.8 Å². The quantitative estimate of drug-likeness (QED) is 0.490. The molecule has 1 saturated heterocycles. The van der Waals surface area contributed by atoms with Crippen molar-refractivity contribution < 1.29 is 33.3 Å². The van der Waals surface area contributed by atoms with Gasteiger partial charge in [-0.25, -0.2) is 0 Å². The Morgan fingerprint density at radius 1 is 0.903 bits per heavy atom. The maximum absolute atomic E-state index is 11.8. The van der Waals surface area contributed by atoms with Crippen LogP contribution in [-0.4, -0.2) is 52.4 Å². The van der Waals surface area contributed by atoms with E-state index in [2.05, 4.69) is 4.98 Å². The predicted octanol–water partition coefficient (Wildman–Crippen LogP) is 3.00. The number of hydrogen-bond donors (Lipinski definition) is 0. The summed E-state index contributed by atoms with van der Waals surface area (Å²) in [4.78, 5) is 39.1. The molecule has 164 valence electrons. The molecule has 0 saturated carbocycles. The van der Waals surface area contributed by atoms with Gasteiger partial charge in [-0.1, -0.05) is 18.2 Å². The number of carbonyl (C=O) groups excluding carboxylic acids is 3. The molecule has 0 radical (unpaired) electrons. The number of carbonyl (C=O) groups is 3. The monoisotopic (exact) mass is 445 g/mol. The van der Waals surface area contributed by atoms with Crippen LogP contribution in [0.4, 0.5) is 0 Å². The van der Waals surface area contributed by atoms with Gasteiger partial charge < -0.3 is 18.9 Å². The molecule has 1 fully saturated rings. The second-order valence-corrected chi connectivity index (χ2v) is 8.02. The Labute approximate surface area is 184 Å². The van der Waals surface area contributed by atoms with Crippen molar-refractivity contribution in [3.8, 4) is 16.9 Å². The van der Waals surface area contributed by atoms with Gasteiger partial charge in [0.25, 0.3) is 0 Å². The molecule has 3 rings (SSSR count). The zero-order valence-corrected chi connectivity index (χ0v) is 18.2. The Morgan fingerprint density at radius 3 is 2.23 bits per heavy atom. The smallest absolute Gasteiger partial charge is 0.303 e. The number of thioether (sulfide) groups is 1. The van der Waals surface area contributed by atoms with E-state index in [-0.39, 0.29) is 0 Å². The van der Waals surface area contributed by atoms with Crippen molar-refractivity contribution >= 4 is 29.7 Å². The molecule has 4 atom stereocenters. The number of benzene rings is 1. The number of esters is 3. The molecular weight excluding hydrogens is 422 g/mol. The zero-order valence-electron chi connectivity index (χ0n) is 17.3. The second kappa shape index (κ2) is 10.3. The van der Waals surface area contributed by atoms with Crippen LogP contribution in [0.3, 0.4) is 0 Å². The van der Waals surface area contributed by atoms with Gasteiger partial charge >= 0.3 is 17.9 Å². The minimum atomic E-state index is -0.988. The van der Waals surface area contributed by atoms with E-state index in [1.165, 1.54) is 32.5 Å². The SMILES string of the molecule is CC(=O)O[C@@H]1[C@@H](OC(C)=O)[C@@H](Oc2cccc(-c3cccnc3)c2)SC[C@H]1OC(C)=O. The standard InChI is InChI=1S/C22H23NO7S/c1-13(24)27-19-12-31-22(21(29-15(3)26)20(19)28-14(2)25)30-18-8-4-6-16(10-18)17-7-5-9-23-11-17/h4-11,19-22H,12H2,1-3H3/t19-,20+,21-,22+/m1/s1. The van der Waals surface area contributed by atoms with Crippen molar-refractivity contribution in [1.29, 1.82) is 0 Å². The first-order chi connectivity index (χ1) is 14.8. The van der Waals surface area contributed by atoms with Crippen LogP contribution in [0.1, 0.15) is 20.8 Å². The molecule has 0 aliphatic carbocycles. The Balaban J connectivity index is 1.86. The summed E-state index contributed by atoms with van der Waals surface area (Å²) >= 11 is 1.31. The number of ether oxygens (including phenoxy) is 4. The van der Waals surface area contributed by atoms with Gasteiger partial charge in [0.15, 0.2) is 23.7 Å². The van der Waals surface area contributed by atoms with Gasteiger partial charge in [-0.3, -0.25) is 19.4 Å². The van der Waals surface area contributed by atoms with Crippen molar-refractivity contribution in [1.82, 2.24) is 4.98 Å². The summed E-state index contributed by atoms with van der Waals surface area (Å²) < 4.78 is 22.3. The number of nitrogens with zero attached hydrogens (tertiary/aromatic N) is 1.